The number of aliphatic hydroxyl groups excluding tert-OH is 1. The molecule has 0 unspecified atom stereocenters. The summed E-state index contributed by atoms with van der Waals surface area (Å²) in [5.41, 5.74) is 1.20. The summed E-state index contributed by atoms with van der Waals surface area (Å²) in [5.74, 6) is 0.0613. The number of aromatic nitrogens is 5. The molecule has 2 aromatic carbocycles. The molecule has 3 heterocycles. The van der Waals surface area contributed by atoms with Crippen molar-refractivity contribution in [2.24, 2.45) is 0 Å². The number of alkyl halides is 3. The molecule has 3 aromatic heterocycles. The molecule has 12 heteroatoms. The molecule has 1 N–H and O–H groups in total. The fourth-order valence-corrected chi connectivity index (χ4v) is 4.60. The summed E-state index contributed by atoms with van der Waals surface area (Å²) in [6.45, 7) is 2.71. The lowest BCUT2D eigenvalue weighted by molar-refractivity contribution is -0.141. The van der Waals surface area contributed by atoms with Crippen molar-refractivity contribution in [3.05, 3.63) is 104 Å². The first-order valence-electron chi connectivity index (χ1n) is 12.0. The summed E-state index contributed by atoms with van der Waals surface area (Å²) in [4.78, 5) is 18.0. The maximum absolute atomic E-state index is 14.3. The molecule has 1 atom stereocenters. The Morgan fingerprint density at radius 1 is 1.00 bits per heavy atom. The third kappa shape index (κ3) is 4.83. The lowest BCUT2D eigenvalue weighted by Crippen LogP contribution is -2.31. The highest BCUT2D eigenvalue weighted by atomic mass is 35.5. The van der Waals surface area contributed by atoms with Crippen molar-refractivity contribution < 1.29 is 18.3 Å². The van der Waals surface area contributed by atoms with Crippen molar-refractivity contribution in [2.75, 3.05) is 0 Å². The molecule has 5 aromatic rings. The van der Waals surface area contributed by atoms with Gasteiger partial charge in [-0.25, -0.2) is 14.2 Å². The molecule has 0 aliphatic carbocycles. The molecule has 8 nitrogen and oxygen atoms in total. The molecule has 0 saturated carbocycles. The van der Waals surface area contributed by atoms with Gasteiger partial charge >= 0.3 is 6.18 Å². The smallest absolute Gasteiger partial charge is 0.385 e. The minimum Gasteiger partial charge on any atom is -0.385 e. The van der Waals surface area contributed by atoms with Crippen LogP contribution >= 0.6 is 11.6 Å². The topological polar surface area (TPSA) is 109 Å². The molecule has 5 rings (SSSR count). The SMILES string of the molecule is Cc1nc(C(F)(F)F)ccc1Cn1c(=O)c(-c2ccc(C#N)cc2)c(-c2ccc(Cl)cc2)c2nnc([C@H](C)O)n21. The van der Waals surface area contributed by atoms with Crippen LogP contribution < -0.4 is 5.56 Å². The predicted octanol–water partition coefficient (Wildman–Crippen LogP) is 5.57. The normalized spacial score (nSPS) is 12.4. The largest absolute Gasteiger partial charge is 0.433 e. The van der Waals surface area contributed by atoms with E-state index >= 15 is 0 Å². The van der Waals surface area contributed by atoms with E-state index in [1.165, 1.54) is 29.1 Å². The Balaban J connectivity index is 1.85. The number of fused-ring (bicyclic) bond motifs is 1. The second kappa shape index (κ2) is 10.2. The number of nitrogens with zero attached hydrogens (tertiary/aromatic N) is 6. The molecule has 0 spiro atoms. The van der Waals surface area contributed by atoms with Gasteiger partial charge in [0.2, 0.25) is 0 Å². The number of hydrogen-bond acceptors (Lipinski definition) is 6. The highest BCUT2D eigenvalue weighted by molar-refractivity contribution is 6.30. The zero-order chi connectivity index (χ0) is 28.8. The summed E-state index contributed by atoms with van der Waals surface area (Å²) in [6, 6.07) is 17.3. The van der Waals surface area contributed by atoms with Crippen LogP contribution in [0.1, 0.15) is 41.4 Å². The van der Waals surface area contributed by atoms with Crippen molar-refractivity contribution in [3.63, 3.8) is 0 Å². The first-order chi connectivity index (χ1) is 19.0. The molecule has 202 valence electrons. The van der Waals surface area contributed by atoms with E-state index in [2.05, 4.69) is 15.2 Å². The molecule has 0 radical (unpaired) electrons. The number of hydrogen-bond donors (Lipinski definition) is 1. The van der Waals surface area contributed by atoms with E-state index < -0.39 is 23.5 Å². The Morgan fingerprint density at radius 2 is 1.62 bits per heavy atom. The van der Waals surface area contributed by atoms with Crippen LogP contribution in [0.5, 0.6) is 0 Å². The van der Waals surface area contributed by atoms with E-state index in [1.807, 2.05) is 6.07 Å². The van der Waals surface area contributed by atoms with Gasteiger partial charge in [-0.05, 0) is 60.9 Å². The van der Waals surface area contributed by atoms with Gasteiger partial charge in [-0.3, -0.25) is 4.79 Å². The van der Waals surface area contributed by atoms with Crippen molar-refractivity contribution >= 4 is 17.2 Å². The maximum atomic E-state index is 14.3. The molecule has 0 saturated heterocycles. The molecular formula is C28H20ClF3N6O2. The molecule has 0 aliphatic heterocycles. The van der Waals surface area contributed by atoms with Crippen LogP contribution in [0.25, 0.3) is 27.9 Å². The van der Waals surface area contributed by atoms with Gasteiger partial charge in [0, 0.05) is 16.3 Å². The summed E-state index contributed by atoms with van der Waals surface area (Å²) in [7, 11) is 0. The molecule has 40 heavy (non-hydrogen) atoms. The Kier molecular flexibility index (Phi) is 6.91. The number of halogens is 4. The van der Waals surface area contributed by atoms with E-state index in [4.69, 9.17) is 11.6 Å². The third-order valence-corrected chi connectivity index (χ3v) is 6.70. The van der Waals surface area contributed by atoms with Gasteiger partial charge in [0.15, 0.2) is 11.5 Å². The zero-order valence-corrected chi connectivity index (χ0v) is 21.9. The van der Waals surface area contributed by atoms with E-state index in [9.17, 15) is 28.3 Å². The minimum absolute atomic E-state index is 0.0613. The van der Waals surface area contributed by atoms with Gasteiger partial charge in [-0.2, -0.15) is 18.4 Å². The lowest BCUT2D eigenvalue weighted by Gasteiger charge is -2.19. The quantitative estimate of drug-likeness (QED) is 0.299. The fraction of sp³-hybridized carbons (Fsp3) is 0.179. The van der Waals surface area contributed by atoms with Crippen LogP contribution in [0.2, 0.25) is 5.02 Å². The number of pyridine rings is 1. The van der Waals surface area contributed by atoms with Gasteiger partial charge < -0.3 is 5.11 Å². The van der Waals surface area contributed by atoms with Crippen LogP contribution in [-0.2, 0) is 12.7 Å². The Bertz CT molecular complexity index is 1840. The monoisotopic (exact) mass is 564 g/mol. The molecule has 0 bridgehead atoms. The van der Waals surface area contributed by atoms with Gasteiger partial charge in [-0.15, -0.1) is 10.2 Å². The van der Waals surface area contributed by atoms with E-state index in [-0.39, 0.29) is 29.3 Å². The second-order valence-corrected chi connectivity index (χ2v) is 9.55. The van der Waals surface area contributed by atoms with Gasteiger partial charge in [-0.1, -0.05) is 41.9 Å². The molecule has 0 aliphatic rings. The Labute approximate surface area is 230 Å². The highest BCUT2D eigenvalue weighted by Crippen LogP contribution is 2.35. The number of rotatable bonds is 5. The number of benzene rings is 2. The van der Waals surface area contributed by atoms with E-state index in [0.717, 1.165) is 6.07 Å². The van der Waals surface area contributed by atoms with Gasteiger partial charge in [0.25, 0.3) is 5.56 Å². The fourth-order valence-electron chi connectivity index (χ4n) is 4.47. The van der Waals surface area contributed by atoms with E-state index in [0.29, 0.717) is 32.8 Å². The second-order valence-electron chi connectivity index (χ2n) is 9.12. The summed E-state index contributed by atoms with van der Waals surface area (Å²) in [6.07, 6.45) is -5.75. The first kappa shape index (κ1) is 27.1. The standard InChI is InChI=1S/C28H20ClF3N6O2/c1-15-20(9-12-22(34-15)28(30,31)32)14-37-27(40)24(19-5-3-17(13-33)4-6-19)23(18-7-10-21(29)11-8-18)26-36-35-25(16(2)39)38(26)37/h3-12,16,39H,14H2,1-2H3/t16-/m0/s1. The lowest BCUT2D eigenvalue weighted by atomic mass is 9.96. The van der Waals surface area contributed by atoms with Crippen LogP contribution in [0.15, 0.2) is 65.5 Å². The number of aliphatic hydroxyl groups is 1. The predicted molar refractivity (Wildman–Crippen MR) is 142 cm³/mol. The maximum Gasteiger partial charge on any atom is 0.433 e. The van der Waals surface area contributed by atoms with Crippen molar-refractivity contribution in [1.82, 2.24) is 24.4 Å². The van der Waals surface area contributed by atoms with Crippen molar-refractivity contribution in [3.8, 4) is 28.3 Å². The third-order valence-electron chi connectivity index (χ3n) is 6.44. The average Bonchev–Trinajstić information content (AvgIpc) is 3.36. The van der Waals surface area contributed by atoms with Crippen LogP contribution in [-0.4, -0.2) is 29.5 Å². The first-order valence-corrected chi connectivity index (χ1v) is 12.4. The number of nitriles is 1. The summed E-state index contributed by atoms with van der Waals surface area (Å²) >= 11 is 6.12. The van der Waals surface area contributed by atoms with Crippen LogP contribution in [0, 0.1) is 18.3 Å². The van der Waals surface area contributed by atoms with Gasteiger partial charge in [0.1, 0.15) is 11.8 Å². The van der Waals surface area contributed by atoms with E-state index in [1.54, 1.807) is 48.5 Å². The van der Waals surface area contributed by atoms with Gasteiger partial charge in [0.05, 0.1) is 23.7 Å². The van der Waals surface area contributed by atoms with Crippen molar-refractivity contribution in [1.29, 1.82) is 5.26 Å². The molecular weight excluding hydrogens is 545 g/mol. The zero-order valence-electron chi connectivity index (χ0n) is 21.1. The number of aryl methyl sites for hydroxylation is 1. The Hall–Kier alpha value is -4.53. The van der Waals surface area contributed by atoms with Crippen molar-refractivity contribution in [2.45, 2.75) is 32.7 Å². The summed E-state index contributed by atoms with van der Waals surface area (Å²) in [5, 5.41) is 28.7. The van der Waals surface area contributed by atoms with Crippen LogP contribution in [0.3, 0.4) is 0 Å². The molecule has 0 fully saturated rings. The molecule has 0 amide bonds. The summed E-state index contributed by atoms with van der Waals surface area (Å²) < 4.78 is 42.3. The Morgan fingerprint density at radius 3 is 2.20 bits per heavy atom. The average molecular weight is 565 g/mol. The van der Waals surface area contributed by atoms with Crippen LogP contribution in [0.4, 0.5) is 13.2 Å². The minimum atomic E-state index is -4.62. The highest BCUT2D eigenvalue weighted by Gasteiger charge is 2.33.